The van der Waals surface area contributed by atoms with Gasteiger partial charge in [0.2, 0.25) is 5.91 Å². The highest BCUT2D eigenvalue weighted by molar-refractivity contribution is 6.18. The second-order valence-corrected chi connectivity index (χ2v) is 3.70. The lowest BCUT2D eigenvalue weighted by molar-refractivity contribution is -0.125. The number of anilines is 2. The molecule has 0 radical (unpaired) electrons. The molecule has 1 unspecified atom stereocenters. The molecule has 3 N–H and O–H groups in total. The summed E-state index contributed by atoms with van der Waals surface area (Å²) in [6.45, 7) is 1.69. The van der Waals surface area contributed by atoms with Crippen LogP contribution >= 0.6 is 0 Å². The Labute approximate surface area is 93.2 Å². The van der Waals surface area contributed by atoms with Crippen molar-refractivity contribution < 1.29 is 9.59 Å². The summed E-state index contributed by atoms with van der Waals surface area (Å²) >= 11 is 0. The first-order valence-corrected chi connectivity index (χ1v) is 5.04. The predicted molar refractivity (Wildman–Crippen MR) is 61.1 cm³/mol. The van der Waals surface area contributed by atoms with Gasteiger partial charge in [-0.25, -0.2) is 4.90 Å². The Balaban J connectivity index is 2.53. The van der Waals surface area contributed by atoms with Crippen LogP contribution in [0.4, 0.5) is 11.4 Å². The Kier molecular flexibility index (Phi) is 2.62. The highest BCUT2D eigenvalue weighted by Crippen LogP contribution is 2.28. The molecule has 0 spiro atoms. The summed E-state index contributed by atoms with van der Waals surface area (Å²) < 4.78 is 0. The molecule has 1 aromatic rings. The fourth-order valence-electron chi connectivity index (χ4n) is 1.73. The van der Waals surface area contributed by atoms with Crippen LogP contribution in [0.15, 0.2) is 24.3 Å². The van der Waals surface area contributed by atoms with Crippen molar-refractivity contribution in [2.45, 2.75) is 13.0 Å². The molecule has 84 valence electrons. The molecule has 1 aliphatic heterocycles. The summed E-state index contributed by atoms with van der Waals surface area (Å²) in [5.41, 5.74) is 6.99. The number of nitrogens with zero attached hydrogens (tertiary/aromatic N) is 1. The number of imide groups is 1. The van der Waals surface area contributed by atoms with Gasteiger partial charge in [0, 0.05) is 13.5 Å². The number of carbonyl (C=O) groups is 2. The van der Waals surface area contributed by atoms with Crippen LogP contribution in [0.3, 0.4) is 0 Å². The van der Waals surface area contributed by atoms with E-state index in [0.29, 0.717) is 12.2 Å². The maximum atomic E-state index is 11.9. The van der Waals surface area contributed by atoms with Gasteiger partial charge in [0.15, 0.2) is 0 Å². The number of nitrogens with one attached hydrogen (secondary N) is 1. The van der Waals surface area contributed by atoms with E-state index < -0.39 is 6.04 Å². The zero-order valence-corrected chi connectivity index (χ0v) is 8.93. The molecule has 2 rings (SSSR count). The van der Waals surface area contributed by atoms with Gasteiger partial charge in [-0.3, -0.25) is 9.59 Å². The van der Waals surface area contributed by atoms with Gasteiger partial charge in [-0.05, 0) is 12.1 Å². The average molecular weight is 219 g/mol. The van der Waals surface area contributed by atoms with Crippen LogP contribution in [-0.2, 0) is 9.59 Å². The van der Waals surface area contributed by atoms with Crippen LogP contribution in [0.5, 0.6) is 0 Å². The molecule has 1 atom stereocenters. The monoisotopic (exact) mass is 219 g/mol. The average Bonchev–Trinajstić information content (AvgIpc) is 2.38. The molecule has 1 heterocycles. The normalized spacial score (nSPS) is 19.8. The summed E-state index contributed by atoms with van der Waals surface area (Å²) in [6, 6.07) is 6.46. The Hall–Kier alpha value is -1.88. The largest absolute Gasteiger partial charge is 0.381 e. The van der Waals surface area contributed by atoms with E-state index in [4.69, 9.17) is 5.73 Å². The molecular formula is C11H13N3O2. The Bertz CT molecular complexity index is 445. The van der Waals surface area contributed by atoms with E-state index in [0.717, 1.165) is 10.6 Å². The minimum atomic E-state index is -0.698. The first-order valence-electron chi connectivity index (χ1n) is 5.04. The smallest absolute Gasteiger partial charge is 0.252 e. The van der Waals surface area contributed by atoms with E-state index in [2.05, 4.69) is 5.32 Å². The van der Waals surface area contributed by atoms with Crippen LogP contribution in [-0.4, -0.2) is 24.4 Å². The van der Waals surface area contributed by atoms with Gasteiger partial charge in [-0.2, -0.15) is 0 Å². The first-order chi connectivity index (χ1) is 7.61. The van der Waals surface area contributed by atoms with Gasteiger partial charge < -0.3 is 11.1 Å². The van der Waals surface area contributed by atoms with Crippen molar-refractivity contribution in [1.82, 2.24) is 0 Å². The van der Waals surface area contributed by atoms with Crippen molar-refractivity contribution in [3.05, 3.63) is 24.3 Å². The van der Waals surface area contributed by atoms with E-state index in [9.17, 15) is 9.59 Å². The molecule has 5 nitrogen and oxygen atoms in total. The third kappa shape index (κ3) is 1.65. The molecule has 1 aliphatic rings. The summed E-state index contributed by atoms with van der Waals surface area (Å²) in [5.74, 6) is -0.693. The van der Waals surface area contributed by atoms with Gasteiger partial charge in [0.1, 0.15) is 6.04 Å². The maximum Gasteiger partial charge on any atom is 0.252 e. The van der Waals surface area contributed by atoms with Crippen molar-refractivity contribution in [2.75, 3.05) is 16.8 Å². The number of hydrogen-bond donors (Lipinski definition) is 2. The fraction of sp³-hybridized carbons (Fsp3) is 0.273. The van der Waals surface area contributed by atoms with Crippen LogP contribution < -0.4 is 16.0 Å². The van der Waals surface area contributed by atoms with Crippen LogP contribution in [0.25, 0.3) is 0 Å². The van der Waals surface area contributed by atoms with E-state index in [1.807, 2.05) is 12.1 Å². The van der Waals surface area contributed by atoms with Crippen molar-refractivity contribution in [1.29, 1.82) is 0 Å². The number of para-hydroxylation sites is 2. The first kappa shape index (κ1) is 10.6. The van der Waals surface area contributed by atoms with Crippen molar-refractivity contribution in [3.63, 3.8) is 0 Å². The quantitative estimate of drug-likeness (QED) is 0.659. The second kappa shape index (κ2) is 3.94. The minimum absolute atomic E-state index is 0.323. The summed E-state index contributed by atoms with van der Waals surface area (Å²) in [6.07, 6.45) is 0. The van der Waals surface area contributed by atoms with Gasteiger partial charge in [0.25, 0.3) is 5.91 Å². The number of amides is 2. The number of fused-ring (bicyclic) bond motifs is 1. The van der Waals surface area contributed by atoms with E-state index in [-0.39, 0.29) is 11.8 Å². The highest BCUT2D eigenvalue weighted by atomic mass is 16.2. The summed E-state index contributed by atoms with van der Waals surface area (Å²) in [7, 11) is 0. The molecule has 1 aromatic carbocycles. The molecule has 16 heavy (non-hydrogen) atoms. The molecule has 0 bridgehead atoms. The molecule has 0 aliphatic carbocycles. The van der Waals surface area contributed by atoms with E-state index in [1.165, 1.54) is 6.92 Å². The fourth-order valence-corrected chi connectivity index (χ4v) is 1.73. The lowest BCUT2D eigenvalue weighted by Gasteiger charge is -2.19. The third-order valence-electron chi connectivity index (χ3n) is 2.51. The highest BCUT2D eigenvalue weighted by Gasteiger charge is 2.30. The van der Waals surface area contributed by atoms with E-state index in [1.54, 1.807) is 12.1 Å². The number of rotatable bonds is 0. The van der Waals surface area contributed by atoms with Crippen molar-refractivity contribution in [3.8, 4) is 0 Å². The molecule has 2 amide bonds. The Morgan fingerprint density at radius 3 is 2.88 bits per heavy atom. The topological polar surface area (TPSA) is 75.4 Å². The lowest BCUT2D eigenvalue weighted by atomic mass is 10.2. The third-order valence-corrected chi connectivity index (χ3v) is 2.51. The standard InChI is InChI=1S/C11H13N3O2/c1-7(15)14-10-5-3-2-4-9(10)13-6-8(12)11(14)16/h2-5,8,13H,6,12H2,1H3. The zero-order valence-electron chi connectivity index (χ0n) is 8.93. The van der Waals surface area contributed by atoms with Gasteiger partial charge in [-0.1, -0.05) is 12.1 Å². The molecule has 5 heteroatoms. The minimum Gasteiger partial charge on any atom is -0.381 e. The molecule has 0 saturated carbocycles. The Morgan fingerprint density at radius 1 is 1.50 bits per heavy atom. The number of nitrogens with two attached hydrogens (primary N) is 1. The lowest BCUT2D eigenvalue weighted by Crippen LogP contribution is -2.47. The second-order valence-electron chi connectivity index (χ2n) is 3.70. The van der Waals surface area contributed by atoms with Crippen molar-refractivity contribution >= 4 is 23.2 Å². The molecular weight excluding hydrogens is 206 g/mol. The van der Waals surface area contributed by atoms with Gasteiger partial charge >= 0.3 is 0 Å². The number of hydrogen-bond acceptors (Lipinski definition) is 4. The van der Waals surface area contributed by atoms with Gasteiger partial charge in [0.05, 0.1) is 11.4 Å². The van der Waals surface area contributed by atoms with Crippen LogP contribution in [0, 0.1) is 0 Å². The predicted octanol–water partition coefficient (Wildman–Crippen LogP) is 0.319. The van der Waals surface area contributed by atoms with Crippen molar-refractivity contribution in [2.24, 2.45) is 5.73 Å². The number of benzene rings is 1. The zero-order chi connectivity index (χ0) is 11.7. The SMILES string of the molecule is CC(=O)N1C(=O)C(N)CNc2ccccc21. The Morgan fingerprint density at radius 2 is 2.19 bits per heavy atom. The molecule has 0 aromatic heterocycles. The molecule has 0 saturated heterocycles. The summed E-state index contributed by atoms with van der Waals surface area (Å²) in [5, 5.41) is 3.05. The molecule has 0 fully saturated rings. The van der Waals surface area contributed by atoms with Crippen LogP contribution in [0.2, 0.25) is 0 Å². The van der Waals surface area contributed by atoms with Gasteiger partial charge in [-0.15, -0.1) is 0 Å². The van der Waals surface area contributed by atoms with E-state index >= 15 is 0 Å². The maximum absolute atomic E-state index is 11.9. The summed E-state index contributed by atoms with van der Waals surface area (Å²) in [4.78, 5) is 24.5. The van der Waals surface area contributed by atoms with Crippen LogP contribution in [0.1, 0.15) is 6.92 Å². The number of carbonyl (C=O) groups excluding carboxylic acids is 2.